The summed E-state index contributed by atoms with van der Waals surface area (Å²) >= 11 is 0. The van der Waals surface area contributed by atoms with Gasteiger partial charge >= 0.3 is 0 Å². The second kappa shape index (κ2) is 11.9. The quantitative estimate of drug-likeness (QED) is 0.356. The molecule has 9 nitrogen and oxygen atoms in total. The number of carbonyl (C=O) groups excluding carboxylic acids is 1. The van der Waals surface area contributed by atoms with Crippen molar-refractivity contribution in [1.29, 1.82) is 0 Å². The summed E-state index contributed by atoms with van der Waals surface area (Å²) in [6.45, 7) is 12.4. The Morgan fingerprint density at radius 3 is 2.64 bits per heavy atom. The molecule has 0 aromatic heterocycles. The van der Waals surface area contributed by atoms with Gasteiger partial charge in [-0.15, -0.1) is 0 Å². The fourth-order valence-electron chi connectivity index (χ4n) is 6.67. The van der Waals surface area contributed by atoms with E-state index in [0.717, 1.165) is 50.0 Å². The topological polar surface area (TPSA) is 133 Å². The molecule has 0 fully saturated rings. The molecule has 0 aromatic rings. The number of nitrogens with zero attached hydrogens (tertiary/aromatic N) is 4. The van der Waals surface area contributed by atoms with E-state index in [4.69, 9.17) is 16.5 Å². The van der Waals surface area contributed by atoms with E-state index in [-0.39, 0.29) is 28.7 Å². The molecule has 0 aromatic carbocycles. The van der Waals surface area contributed by atoms with Gasteiger partial charge in [0.15, 0.2) is 0 Å². The smallest absolute Gasteiger partial charge is 0.232 e. The van der Waals surface area contributed by atoms with E-state index < -0.39 is 18.1 Å². The fourth-order valence-corrected chi connectivity index (χ4v) is 6.67. The van der Waals surface area contributed by atoms with Crippen LogP contribution in [0.2, 0.25) is 0 Å². The van der Waals surface area contributed by atoms with Gasteiger partial charge in [0.2, 0.25) is 5.91 Å². The van der Waals surface area contributed by atoms with Gasteiger partial charge in [0, 0.05) is 25.2 Å². The third kappa shape index (κ3) is 5.40. The molecule has 0 saturated heterocycles. The normalized spacial score (nSPS) is 31.6. The number of nitrogens with one attached hydrogen (secondary N) is 2. The number of hydrogen-bond donors (Lipinski definition) is 4. The van der Waals surface area contributed by atoms with Crippen LogP contribution in [0.5, 0.6) is 0 Å². The van der Waals surface area contributed by atoms with Gasteiger partial charge in [-0.1, -0.05) is 34.1 Å². The van der Waals surface area contributed by atoms with E-state index in [2.05, 4.69) is 53.5 Å². The Hall–Kier alpha value is -2.17. The van der Waals surface area contributed by atoms with Crippen molar-refractivity contribution in [3.63, 3.8) is 0 Å². The maximum Gasteiger partial charge on any atom is 0.232 e. The molecule has 3 unspecified atom stereocenters. The SMILES string of the molecule is CCC[C@]1(C)C/C=C(F)\C=N/C(C(C(=O)NC2=C(N3CN=NC3C)CCNC2)C(N)N)C1(CC)CC. The molecule has 0 saturated carbocycles. The molecule has 4 atom stereocenters. The first kappa shape index (κ1) is 28.4. The van der Waals surface area contributed by atoms with E-state index in [9.17, 15) is 9.18 Å². The van der Waals surface area contributed by atoms with E-state index in [1.807, 2.05) is 6.92 Å². The number of aliphatic imine (C=N–C) groups is 1. The molecule has 3 aliphatic heterocycles. The Morgan fingerprint density at radius 2 is 2.06 bits per heavy atom. The van der Waals surface area contributed by atoms with Gasteiger partial charge in [-0.05, 0) is 49.5 Å². The summed E-state index contributed by atoms with van der Waals surface area (Å²) in [5.41, 5.74) is 13.8. The molecule has 6 N–H and O–H groups in total. The van der Waals surface area contributed by atoms with Crippen LogP contribution in [0, 0.1) is 16.7 Å². The monoisotopic (exact) mass is 504 g/mol. The van der Waals surface area contributed by atoms with Gasteiger partial charge in [0.05, 0.1) is 30.0 Å². The highest BCUT2D eigenvalue weighted by Gasteiger charge is 2.54. The summed E-state index contributed by atoms with van der Waals surface area (Å²) in [7, 11) is 0. The Morgan fingerprint density at radius 1 is 1.33 bits per heavy atom. The number of rotatable bonds is 9. The molecule has 1 amide bonds. The molecule has 0 bridgehead atoms. The van der Waals surface area contributed by atoms with Crippen molar-refractivity contribution in [2.75, 3.05) is 19.8 Å². The summed E-state index contributed by atoms with van der Waals surface area (Å²) < 4.78 is 14.6. The van der Waals surface area contributed by atoms with Gasteiger partial charge in [0.1, 0.15) is 18.7 Å². The summed E-state index contributed by atoms with van der Waals surface area (Å²) in [6.07, 6.45) is 6.55. The minimum atomic E-state index is -0.960. The van der Waals surface area contributed by atoms with Crippen LogP contribution in [0.4, 0.5) is 4.39 Å². The number of azo groups is 1. The first-order valence-electron chi connectivity index (χ1n) is 13.4. The molecule has 0 spiro atoms. The lowest BCUT2D eigenvalue weighted by molar-refractivity contribution is -0.129. The van der Waals surface area contributed by atoms with Crippen molar-refractivity contribution < 1.29 is 9.18 Å². The molecule has 202 valence electrons. The van der Waals surface area contributed by atoms with Gasteiger partial charge < -0.3 is 27.0 Å². The lowest BCUT2D eigenvalue weighted by Gasteiger charge is -2.54. The third-order valence-electron chi connectivity index (χ3n) is 8.72. The standard InChI is InChI=1S/C26H45FN8O/c1-6-11-25(5)12-9-18(27)14-31-22(26(25,7-2)8-3)21(23(28)29)24(36)33-19-15-30-13-10-20(19)35-16-32-34-17(35)4/h9,14,17,21-23,30H,6-8,10-13,15-16,28-29H2,1-5H3,(H,33,36)/b18-9+,31-14-/t17?,21?,22?,25-/m1/s1. The lowest BCUT2D eigenvalue weighted by Crippen LogP contribution is -2.60. The zero-order valence-corrected chi connectivity index (χ0v) is 22.6. The van der Waals surface area contributed by atoms with Gasteiger partial charge in [-0.25, -0.2) is 4.39 Å². The number of halogens is 1. The molecule has 10 heteroatoms. The molecule has 0 radical (unpaired) electrons. The van der Waals surface area contributed by atoms with Crippen LogP contribution in [0.1, 0.15) is 73.1 Å². The Labute approximate surface area is 215 Å². The van der Waals surface area contributed by atoms with Crippen molar-refractivity contribution in [2.45, 2.75) is 91.5 Å². The van der Waals surface area contributed by atoms with E-state index in [1.165, 1.54) is 6.21 Å². The van der Waals surface area contributed by atoms with Crippen molar-refractivity contribution in [3.8, 4) is 0 Å². The maximum absolute atomic E-state index is 14.6. The van der Waals surface area contributed by atoms with Crippen molar-refractivity contribution in [1.82, 2.24) is 15.5 Å². The summed E-state index contributed by atoms with van der Waals surface area (Å²) in [4.78, 5) is 20.8. The minimum absolute atomic E-state index is 0.0786. The van der Waals surface area contributed by atoms with Gasteiger partial charge in [-0.2, -0.15) is 10.2 Å². The largest absolute Gasteiger partial charge is 0.329 e. The lowest BCUT2D eigenvalue weighted by atomic mass is 9.52. The molecular formula is C26H45FN8O. The number of carbonyl (C=O) groups is 1. The number of nitrogens with two attached hydrogens (primary N) is 2. The predicted molar refractivity (Wildman–Crippen MR) is 141 cm³/mol. The van der Waals surface area contributed by atoms with E-state index in [0.29, 0.717) is 19.6 Å². The molecule has 3 rings (SSSR count). The van der Waals surface area contributed by atoms with Crippen LogP contribution < -0.4 is 22.1 Å². The van der Waals surface area contributed by atoms with Crippen LogP contribution in [-0.2, 0) is 4.79 Å². The summed E-state index contributed by atoms with van der Waals surface area (Å²) in [5, 5.41) is 14.9. The second-order valence-corrected chi connectivity index (χ2v) is 10.6. The molecule has 36 heavy (non-hydrogen) atoms. The van der Waals surface area contributed by atoms with Crippen LogP contribution in [0.15, 0.2) is 38.5 Å². The van der Waals surface area contributed by atoms with Crippen LogP contribution in [0.3, 0.4) is 0 Å². The minimum Gasteiger partial charge on any atom is -0.329 e. The van der Waals surface area contributed by atoms with Gasteiger partial charge in [-0.3, -0.25) is 9.79 Å². The van der Waals surface area contributed by atoms with Crippen LogP contribution in [-0.4, -0.2) is 55.2 Å². The van der Waals surface area contributed by atoms with Crippen molar-refractivity contribution in [3.05, 3.63) is 23.3 Å². The third-order valence-corrected chi connectivity index (χ3v) is 8.72. The predicted octanol–water partition coefficient (Wildman–Crippen LogP) is 3.55. The number of amides is 1. The second-order valence-electron chi connectivity index (χ2n) is 10.6. The van der Waals surface area contributed by atoms with E-state index in [1.54, 1.807) is 6.08 Å². The average Bonchev–Trinajstić information content (AvgIpc) is 3.27. The van der Waals surface area contributed by atoms with Gasteiger partial charge in [0.25, 0.3) is 0 Å². The summed E-state index contributed by atoms with van der Waals surface area (Å²) in [5.74, 6) is -1.49. The maximum atomic E-state index is 14.6. The van der Waals surface area contributed by atoms with Crippen molar-refractivity contribution in [2.24, 2.45) is 43.4 Å². The number of hydrogen-bond acceptors (Lipinski definition) is 8. The average molecular weight is 505 g/mol. The first-order valence-corrected chi connectivity index (χ1v) is 13.4. The summed E-state index contributed by atoms with van der Waals surface area (Å²) in [6, 6.07) is -0.570. The van der Waals surface area contributed by atoms with Crippen molar-refractivity contribution >= 4 is 12.1 Å². The molecular weight excluding hydrogens is 459 g/mol. The zero-order chi connectivity index (χ0) is 26.5. The van der Waals surface area contributed by atoms with E-state index >= 15 is 0 Å². The Bertz CT molecular complexity index is 910. The molecule has 0 aliphatic carbocycles. The Kier molecular flexibility index (Phi) is 9.40. The first-order chi connectivity index (χ1) is 17.1. The zero-order valence-electron chi connectivity index (χ0n) is 22.6. The van der Waals surface area contributed by atoms with Crippen LogP contribution in [0.25, 0.3) is 0 Å². The number of allylic oxidation sites excluding steroid dienone is 2. The molecule has 3 heterocycles. The highest BCUT2D eigenvalue weighted by atomic mass is 19.1. The Balaban J connectivity index is 2.04. The van der Waals surface area contributed by atoms with Crippen LogP contribution >= 0.6 is 0 Å². The molecule has 3 aliphatic rings. The fraction of sp³-hybridized carbons (Fsp3) is 0.769. The highest BCUT2D eigenvalue weighted by molar-refractivity contribution is 5.83. The highest BCUT2D eigenvalue weighted by Crippen LogP contribution is 2.56.